The molecule has 3 N–H and O–H groups in total. The smallest absolute Gasteiger partial charge is 0.270 e. The molecule has 0 saturated carbocycles. The molecule has 1 aliphatic heterocycles. The van der Waals surface area contributed by atoms with Crippen LogP contribution in [-0.2, 0) is 16.4 Å². The number of carbonyl (C=O) groups excluding carboxylic acids is 1. The largest absolute Gasteiger partial charge is 0.350 e. The number of nitrogens with one attached hydrogen (secondary N) is 1. The lowest BCUT2D eigenvalue weighted by Crippen LogP contribution is -2.41. The molecular formula is C12H20N4O3S3. The Hall–Kier alpha value is -0.680. The van der Waals surface area contributed by atoms with E-state index in [1.54, 1.807) is 17.1 Å². The first-order valence-corrected chi connectivity index (χ1v) is 10.7. The van der Waals surface area contributed by atoms with Crippen molar-refractivity contribution in [2.24, 2.45) is 5.73 Å². The van der Waals surface area contributed by atoms with E-state index < -0.39 is 10.0 Å². The molecule has 0 radical (unpaired) electrons. The second-order valence-electron chi connectivity index (χ2n) is 4.75. The molecule has 1 amide bonds. The monoisotopic (exact) mass is 364 g/mol. The number of nitrogens with zero attached hydrogens (tertiary/aromatic N) is 2. The molecule has 2 heterocycles. The maximum atomic E-state index is 12.1. The number of rotatable bonds is 7. The van der Waals surface area contributed by atoms with Crippen molar-refractivity contribution in [1.82, 2.24) is 14.6 Å². The van der Waals surface area contributed by atoms with Crippen molar-refractivity contribution in [1.29, 1.82) is 0 Å². The van der Waals surface area contributed by atoms with Crippen LogP contribution in [0.3, 0.4) is 0 Å². The fourth-order valence-electron chi connectivity index (χ4n) is 1.99. The number of thiazole rings is 1. The van der Waals surface area contributed by atoms with Gasteiger partial charge in [0.2, 0.25) is 10.0 Å². The highest BCUT2D eigenvalue weighted by Crippen LogP contribution is 2.13. The molecule has 124 valence electrons. The summed E-state index contributed by atoms with van der Waals surface area (Å²) in [5, 5.41) is 5.09. The standard InChI is InChI=1S/C12H20N4O3S3/c13-2-1-11-15-10(9-21-11)12(17)14-3-8-22(18,19)16-4-6-20-7-5-16/h9H,1-8,13H2,(H,14,17). The van der Waals surface area contributed by atoms with Gasteiger partial charge in [0.25, 0.3) is 5.91 Å². The Morgan fingerprint density at radius 2 is 2.14 bits per heavy atom. The molecule has 0 atom stereocenters. The number of amides is 1. The van der Waals surface area contributed by atoms with Crippen molar-refractivity contribution in [3.8, 4) is 0 Å². The van der Waals surface area contributed by atoms with E-state index >= 15 is 0 Å². The summed E-state index contributed by atoms with van der Waals surface area (Å²) < 4.78 is 25.8. The summed E-state index contributed by atoms with van der Waals surface area (Å²) in [6.45, 7) is 1.68. The highest BCUT2D eigenvalue weighted by atomic mass is 32.2. The zero-order valence-electron chi connectivity index (χ0n) is 12.2. The Labute approximate surface area is 138 Å². The lowest BCUT2D eigenvalue weighted by Gasteiger charge is -2.25. The number of sulfonamides is 1. The molecule has 2 rings (SSSR count). The van der Waals surface area contributed by atoms with E-state index in [2.05, 4.69) is 10.3 Å². The molecule has 1 aromatic heterocycles. The predicted molar refractivity (Wildman–Crippen MR) is 89.9 cm³/mol. The lowest BCUT2D eigenvalue weighted by atomic mass is 10.4. The van der Waals surface area contributed by atoms with Crippen molar-refractivity contribution in [3.05, 3.63) is 16.1 Å². The first-order valence-electron chi connectivity index (χ1n) is 7.01. The second-order valence-corrected chi connectivity index (χ2v) is 9.00. The quantitative estimate of drug-likeness (QED) is 0.691. The summed E-state index contributed by atoms with van der Waals surface area (Å²) >= 11 is 3.14. The highest BCUT2D eigenvalue weighted by Gasteiger charge is 2.24. The van der Waals surface area contributed by atoms with E-state index in [-0.39, 0.29) is 18.2 Å². The van der Waals surface area contributed by atoms with Crippen molar-refractivity contribution >= 4 is 39.0 Å². The van der Waals surface area contributed by atoms with E-state index in [1.807, 2.05) is 0 Å². The minimum atomic E-state index is -3.29. The van der Waals surface area contributed by atoms with Crippen molar-refractivity contribution in [3.63, 3.8) is 0 Å². The van der Waals surface area contributed by atoms with Crippen LogP contribution in [0, 0.1) is 0 Å². The second kappa shape index (κ2) is 8.25. The Morgan fingerprint density at radius 3 is 2.82 bits per heavy atom. The van der Waals surface area contributed by atoms with E-state index in [1.165, 1.54) is 15.6 Å². The van der Waals surface area contributed by atoms with Crippen LogP contribution >= 0.6 is 23.1 Å². The van der Waals surface area contributed by atoms with Crippen LogP contribution in [0.1, 0.15) is 15.5 Å². The van der Waals surface area contributed by atoms with Crippen molar-refractivity contribution < 1.29 is 13.2 Å². The predicted octanol–water partition coefficient (Wildman–Crippen LogP) is -0.247. The zero-order chi connectivity index (χ0) is 16.0. The van der Waals surface area contributed by atoms with Crippen LogP contribution in [0.2, 0.25) is 0 Å². The van der Waals surface area contributed by atoms with Gasteiger partial charge in [-0.25, -0.2) is 17.7 Å². The molecule has 7 nitrogen and oxygen atoms in total. The van der Waals surface area contributed by atoms with Gasteiger partial charge in [0.05, 0.1) is 10.8 Å². The fourth-order valence-corrected chi connectivity index (χ4v) is 5.28. The van der Waals surface area contributed by atoms with Gasteiger partial charge in [-0.3, -0.25) is 4.79 Å². The van der Waals surface area contributed by atoms with Gasteiger partial charge in [-0.15, -0.1) is 11.3 Å². The topological polar surface area (TPSA) is 105 Å². The Bertz CT molecular complexity index is 597. The average molecular weight is 365 g/mol. The third-order valence-electron chi connectivity index (χ3n) is 3.15. The van der Waals surface area contributed by atoms with Crippen molar-refractivity contribution in [2.45, 2.75) is 6.42 Å². The maximum absolute atomic E-state index is 12.1. The van der Waals surface area contributed by atoms with Gasteiger partial charge in [-0.05, 0) is 6.54 Å². The Kier molecular flexibility index (Phi) is 6.63. The van der Waals surface area contributed by atoms with Crippen molar-refractivity contribution in [2.75, 3.05) is 43.4 Å². The van der Waals surface area contributed by atoms with E-state index in [9.17, 15) is 13.2 Å². The number of hydrogen-bond donors (Lipinski definition) is 2. The Balaban J connectivity index is 1.80. The molecule has 22 heavy (non-hydrogen) atoms. The number of hydrogen-bond acceptors (Lipinski definition) is 7. The summed E-state index contributed by atoms with van der Waals surface area (Å²) in [6, 6.07) is 0. The molecule has 10 heteroatoms. The van der Waals surface area contributed by atoms with Gasteiger partial charge < -0.3 is 11.1 Å². The summed E-state index contributed by atoms with van der Waals surface area (Å²) in [6.07, 6.45) is 0.638. The summed E-state index contributed by atoms with van der Waals surface area (Å²) in [4.78, 5) is 16.1. The van der Waals surface area contributed by atoms with Crippen LogP contribution in [0.25, 0.3) is 0 Å². The zero-order valence-corrected chi connectivity index (χ0v) is 14.6. The van der Waals surface area contributed by atoms with Crippen LogP contribution < -0.4 is 11.1 Å². The van der Waals surface area contributed by atoms with Gasteiger partial charge in [-0.2, -0.15) is 11.8 Å². The first-order chi connectivity index (χ1) is 10.5. The van der Waals surface area contributed by atoms with E-state index in [0.717, 1.165) is 16.5 Å². The summed E-state index contributed by atoms with van der Waals surface area (Å²) in [5.74, 6) is 1.23. The highest BCUT2D eigenvalue weighted by molar-refractivity contribution is 7.99. The summed E-state index contributed by atoms with van der Waals surface area (Å²) in [7, 11) is -3.29. The molecule has 0 aromatic carbocycles. The number of thioether (sulfide) groups is 1. The molecule has 0 aliphatic carbocycles. The van der Waals surface area contributed by atoms with E-state index in [4.69, 9.17) is 5.73 Å². The van der Waals surface area contributed by atoms with E-state index in [0.29, 0.717) is 31.7 Å². The minimum Gasteiger partial charge on any atom is -0.350 e. The molecule has 0 bridgehead atoms. The van der Waals surface area contributed by atoms with Crippen LogP contribution in [-0.4, -0.2) is 67.1 Å². The molecule has 1 saturated heterocycles. The fraction of sp³-hybridized carbons (Fsp3) is 0.667. The number of nitrogens with two attached hydrogens (primary N) is 1. The molecule has 1 fully saturated rings. The van der Waals surface area contributed by atoms with Crippen LogP contribution in [0.15, 0.2) is 5.38 Å². The van der Waals surface area contributed by atoms with Gasteiger partial charge in [0.1, 0.15) is 5.69 Å². The van der Waals surface area contributed by atoms with Gasteiger partial charge in [-0.1, -0.05) is 0 Å². The van der Waals surface area contributed by atoms with Gasteiger partial charge in [0.15, 0.2) is 0 Å². The number of aromatic nitrogens is 1. The van der Waals surface area contributed by atoms with Crippen LogP contribution in [0.5, 0.6) is 0 Å². The minimum absolute atomic E-state index is 0.0802. The molecular weight excluding hydrogens is 344 g/mol. The molecule has 1 aliphatic rings. The third-order valence-corrected chi connectivity index (χ3v) is 6.87. The van der Waals surface area contributed by atoms with Crippen LogP contribution in [0.4, 0.5) is 0 Å². The van der Waals surface area contributed by atoms with Gasteiger partial charge >= 0.3 is 0 Å². The molecule has 1 aromatic rings. The Morgan fingerprint density at radius 1 is 1.41 bits per heavy atom. The average Bonchev–Trinajstić information content (AvgIpc) is 2.97. The normalized spacial score (nSPS) is 16.6. The lowest BCUT2D eigenvalue weighted by molar-refractivity contribution is 0.0951. The molecule has 0 spiro atoms. The third kappa shape index (κ3) is 4.92. The first kappa shape index (κ1) is 17.7. The van der Waals surface area contributed by atoms with Gasteiger partial charge in [0, 0.05) is 42.9 Å². The maximum Gasteiger partial charge on any atom is 0.270 e. The molecule has 0 unspecified atom stereocenters. The summed E-state index contributed by atoms with van der Waals surface area (Å²) in [5.41, 5.74) is 5.76. The number of carbonyl (C=O) groups is 1. The SMILES string of the molecule is NCCc1nc(C(=O)NCCS(=O)(=O)N2CCSCC2)cs1.